The molecule has 2 N–H and O–H groups in total. The Balaban J connectivity index is 1.58. The predicted molar refractivity (Wildman–Crippen MR) is 101 cm³/mol. The average Bonchev–Trinajstić information content (AvgIpc) is 2.67. The molecule has 0 radical (unpaired) electrons. The predicted octanol–water partition coefficient (Wildman–Crippen LogP) is 2.72. The smallest absolute Gasteiger partial charge is 0.253 e. The van der Waals surface area contributed by atoms with Gasteiger partial charge in [0.1, 0.15) is 11.4 Å². The first-order valence-electron chi connectivity index (χ1n) is 8.41. The van der Waals surface area contributed by atoms with E-state index in [1.165, 1.54) is 5.56 Å². The Kier molecular flexibility index (Phi) is 5.23. The van der Waals surface area contributed by atoms with Crippen LogP contribution in [0.3, 0.4) is 0 Å². The summed E-state index contributed by atoms with van der Waals surface area (Å²) in [4.78, 5) is 27.7. The Bertz CT molecular complexity index is 884. The van der Waals surface area contributed by atoms with Crippen LogP contribution in [0.25, 0.3) is 0 Å². The second-order valence-electron chi connectivity index (χ2n) is 6.19. The van der Waals surface area contributed by atoms with Gasteiger partial charge in [0.05, 0.1) is 0 Å². The molecular weight excluding hydrogens is 314 g/mol. The van der Waals surface area contributed by atoms with Crippen LogP contribution in [0.15, 0.2) is 64.4 Å². The average molecular weight is 335 g/mol. The van der Waals surface area contributed by atoms with Gasteiger partial charge in [0, 0.05) is 25.0 Å². The van der Waals surface area contributed by atoms with Crippen molar-refractivity contribution in [2.24, 2.45) is 0 Å². The molecule has 1 aromatic heterocycles. The minimum atomic E-state index is -0.452. The van der Waals surface area contributed by atoms with Gasteiger partial charge in [-0.15, -0.1) is 0 Å². The molecule has 3 aromatic rings. The van der Waals surface area contributed by atoms with Gasteiger partial charge in [-0.2, -0.15) is 0 Å². The number of nitrogens with one attached hydrogen (secondary N) is 2. The number of hydrogen-bond donors (Lipinski definition) is 2. The van der Waals surface area contributed by atoms with Gasteiger partial charge in [0.2, 0.25) is 0 Å². The number of benzene rings is 1. The summed E-state index contributed by atoms with van der Waals surface area (Å²) in [5, 5.41) is 6.25. The maximum atomic E-state index is 11.9. The maximum absolute atomic E-state index is 11.9. The van der Waals surface area contributed by atoms with E-state index in [2.05, 4.69) is 27.8 Å². The van der Waals surface area contributed by atoms with E-state index in [0.29, 0.717) is 17.9 Å². The normalized spacial score (nSPS) is 12.0. The Labute approximate surface area is 146 Å². The van der Waals surface area contributed by atoms with Crippen molar-refractivity contribution in [1.29, 1.82) is 0 Å². The quantitative estimate of drug-likeness (QED) is 0.619. The lowest BCUT2D eigenvalue weighted by molar-refractivity contribution is 0.704. The van der Waals surface area contributed by atoms with Crippen LogP contribution in [0.4, 0.5) is 11.4 Å². The fourth-order valence-electron chi connectivity index (χ4n) is 2.74. The Morgan fingerprint density at radius 3 is 2.32 bits per heavy atom. The first-order chi connectivity index (χ1) is 12.1. The standard InChI is InChI=1S/C20H21N3O2/c1-14(7-8-15-5-3-2-4-6-15)23-18-17(19(24)20(18)25)22-13-16-9-11-21-12-10-16/h2-6,9-12,14,22-23H,7-8,13H2,1H3/t14-/m1/s1. The molecule has 1 heterocycles. The molecule has 0 aliphatic carbocycles. The van der Waals surface area contributed by atoms with E-state index in [9.17, 15) is 9.59 Å². The molecule has 25 heavy (non-hydrogen) atoms. The molecule has 0 saturated heterocycles. The molecule has 5 heteroatoms. The Morgan fingerprint density at radius 1 is 0.920 bits per heavy atom. The lowest BCUT2D eigenvalue weighted by Gasteiger charge is -2.19. The van der Waals surface area contributed by atoms with Gasteiger partial charge >= 0.3 is 0 Å². The zero-order valence-corrected chi connectivity index (χ0v) is 14.2. The van der Waals surface area contributed by atoms with Crippen molar-refractivity contribution in [2.75, 3.05) is 10.6 Å². The first kappa shape index (κ1) is 16.9. The number of aromatic nitrogens is 1. The van der Waals surface area contributed by atoms with Crippen molar-refractivity contribution in [3.05, 3.63) is 86.4 Å². The maximum Gasteiger partial charge on any atom is 0.253 e. The molecule has 3 rings (SSSR count). The molecular formula is C20H21N3O2. The molecule has 2 aromatic carbocycles. The largest absolute Gasteiger partial charge is 0.377 e. The zero-order valence-electron chi connectivity index (χ0n) is 14.2. The highest BCUT2D eigenvalue weighted by atomic mass is 16.2. The zero-order chi connectivity index (χ0) is 17.6. The lowest BCUT2D eigenvalue weighted by Crippen LogP contribution is -2.39. The highest BCUT2D eigenvalue weighted by Gasteiger charge is 2.21. The van der Waals surface area contributed by atoms with Crippen LogP contribution in [0.5, 0.6) is 0 Å². The third-order valence-corrected chi connectivity index (χ3v) is 4.23. The van der Waals surface area contributed by atoms with E-state index in [4.69, 9.17) is 0 Å². The van der Waals surface area contributed by atoms with Crippen LogP contribution in [0.1, 0.15) is 24.5 Å². The summed E-state index contributed by atoms with van der Waals surface area (Å²) >= 11 is 0. The minimum absolute atomic E-state index is 0.102. The van der Waals surface area contributed by atoms with Gasteiger partial charge in [-0.25, -0.2) is 0 Å². The summed E-state index contributed by atoms with van der Waals surface area (Å²) in [6, 6.07) is 14.1. The van der Waals surface area contributed by atoms with E-state index in [1.54, 1.807) is 12.4 Å². The number of aryl methyl sites for hydroxylation is 1. The summed E-state index contributed by atoms with van der Waals surface area (Å²) in [6.07, 6.45) is 5.20. The van der Waals surface area contributed by atoms with Crippen molar-refractivity contribution < 1.29 is 0 Å². The summed E-state index contributed by atoms with van der Waals surface area (Å²) < 4.78 is 0. The fourth-order valence-corrected chi connectivity index (χ4v) is 2.74. The number of anilines is 2. The number of pyridine rings is 1. The molecule has 0 aliphatic heterocycles. The molecule has 0 saturated carbocycles. The van der Waals surface area contributed by atoms with Crippen LogP contribution in [0, 0.1) is 0 Å². The van der Waals surface area contributed by atoms with Gasteiger partial charge in [-0.1, -0.05) is 30.3 Å². The van der Waals surface area contributed by atoms with Gasteiger partial charge in [-0.05, 0) is 43.0 Å². The molecule has 0 aliphatic rings. The molecule has 128 valence electrons. The van der Waals surface area contributed by atoms with Gasteiger partial charge in [-0.3, -0.25) is 14.6 Å². The van der Waals surface area contributed by atoms with Crippen LogP contribution in [0.2, 0.25) is 0 Å². The van der Waals surface area contributed by atoms with Crippen molar-refractivity contribution >= 4 is 11.4 Å². The fraction of sp³-hybridized carbons (Fsp3) is 0.250. The lowest BCUT2D eigenvalue weighted by atomic mass is 10.1. The molecule has 5 nitrogen and oxygen atoms in total. The van der Waals surface area contributed by atoms with Crippen LogP contribution in [-0.4, -0.2) is 11.0 Å². The number of hydrogen-bond acceptors (Lipinski definition) is 5. The summed E-state index contributed by atoms with van der Waals surface area (Å²) in [6.45, 7) is 2.51. The summed E-state index contributed by atoms with van der Waals surface area (Å²) in [5.41, 5.74) is 2.16. The van der Waals surface area contributed by atoms with E-state index in [-0.39, 0.29) is 6.04 Å². The van der Waals surface area contributed by atoms with Gasteiger partial charge in [0.15, 0.2) is 0 Å². The summed E-state index contributed by atoms with van der Waals surface area (Å²) in [5.74, 6) is 0. The third-order valence-electron chi connectivity index (χ3n) is 4.23. The number of nitrogens with zero attached hydrogens (tertiary/aromatic N) is 1. The van der Waals surface area contributed by atoms with E-state index in [1.807, 2.05) is 37.3 Å². The highest BCUT2D eigenvalue weighted by molar-refractivity contribution is 5.74. The van der Waals surface area contributed by atoms with Crippen molar-refractivity contribution in [3.8, 4) is 0 Å². The number of rotatable bonds is 8. The Morgan fingerprint density at radius 2 is 1.60 bits per heavy atom. The highest BCUT2D eigenvalue weighted by Crippen LogP contribution is 2.18. The molecule has 0 unspecified atom stereocenters. The molecule has 0 spiro atoms. The van der Waals surface area contributed by atoms with Crippen molar-refractivity contribution in [2.45, 2.75) is 32.4 Å². The SMILES string of the molecule is C[C@H](CCc1ccccc1)Nc1c(NCc2ccncc2)c(=O)c1=O. The molecule has 0 amide bonds. The monoisotopic (exact) mass is 335 g/mol. The first-order valence-corrected chi connectivity index (χ1v) is 8.41. The molecule has 0 bridgehead atoms. The molecule has 0 fully saturated rings. The van der Waals surface area contributed by atoms with E-state index < -0.39 is 10.9 Å². The second-order valence-corrected chi connectivity index (χ2v) is 6.19. The van der Waals surface area contributed by atoms with Gasteiger partial charge < -0.3 is 10.6 Å². The molecule has 1 atom stereocenters. The third kappa shape index (κ3) is 4.12. The van der Waals surface area contributed by atoms with Crippen LogP contribution < -0.4 is 21.5 Å². The summed E-state index contributed by atoms with van der Waals surface area (Å²) in [7, 11) is 0. The minimum Gasteiger partial charge on any atom is -0.377 e. The van der Waals surface area contributed by atoms with Crippen LogP contribution >= 0.6 is 0 Å². The second kappa shape index (κ2) is 7.75. The van der Waals surface area contributed by atoms with Crippen molar-refractivity contribution in [1.82, 2.24) is 4.98 Å². The van der Waals surface area contributed by atoms with Gasteiger partial charge in [0.25, 0.3) is 10.9 Å². The topological polar surface area (TPSA) is 71.1 Å². The van der Waals surface area contributed by atoms with Crippen molar-refractivity contribution in [3.63, 3.8) is 0 Å². The van der Waals surface area contributed by atoms with E-state index in [0.717, 1.165) is 18.4 Å². The van der Waals surface area contributed by atoms with E-state index >= 15 is 0 Å². The van der Waals surface area contributed by atoms with Crippen LogP contribution in [-0.2, 0) is 13.0 Å². The Hall–Kier alpha value is -2.95.